The number of ether oxygens (including phenoxy) is 2. The second-order valence-electron chi connectivity index (χ2n) is 9.31. The third kappa shape index (κ3) is 5.50. The van der Waals surface area contributed by atoms with E-state index in [0.29, 0.717) is 18.1 Å². The topological polar surface area (TPSA) is 99.2 Å². The lowest BCUT2D eigenvalue weighted by Gasteiger charge is -2.19. The van der Waals surface area contributed by atoms with Crippen LogP contribution in [0.3, 0.4) is 0 Å². The monoisotopic (exact) mass is 492 g/mol. The fourth-order valence-corrected chi connectivity index (χ4v) is 4.32. The van der Waals surface area contributed by atoms with Gasteiger partial charge >= 0.3 is 5.97 Å². The number of rotatable bonds is 9. The van der Waals surface area contributed by atoms with Crippen molar-refractivity contribution in [3.05, 3.63) is 70.9 Å². The molecule has 0 saturated heterocycles. The maximum absolute atomic E-state index is 13.1. The van der Waals surface area contributed by atoms with Crippen LogP contribution in [-0.2, 0) is 27.3 Å². The van der Waals surface area contributed by atoms with Crippen LogP contribution in [-0.4, -0.2) is 46.1 Å². The number of amides is 1. The Hall–Kier alpha value is -3.88. The summed E-state index contributed by atoms with van der Waals surface area (Å²) in [6.07, 6.45) is 2.10. The van der Waals surface area contributed by atoms with Crippen LogP contribution >= 0.6 is 0 Å². The Labute approximate surface area is 210 Å². The molecule has 1 unspecified atom stereocenters. The van der Waals surface area contributed by atoms with Crippen LogP contribution in [0, 0.1) is 19.8 Å². The molecule has 0 radical (unpaired) electrons. The van der Waals surface area contributed by atoms with Gasteiger partial charge in [-0.15, -0.1) is 0 Å². The summed E-state index contributed by atoms with van der Waals surface area (Å²) in [4.78, 5) is 25.7. The molecule has 2 aromatic heterocycles. The standard InChI is InChI=1S/C27H32N4O5/c1-17(2)15-30-19(4)22(18(3)28-30)13-27(33)36-16-26(32)31-24(25-7-6-12-35-25)14-23(29-31)20-8-10-21(34-5)11-9-20/h6-12,17,24H,13-16H2,1-5H3. The van der Waals surface area contributed by atoms with Gasteiger partial charge in [0.25, 0.3) is 5.91 Å². The van der Waals surface area contributed by atoms with Gasteiger partial charge in [0, 0.05) is 24.2 Å². The molecular weight excluding hydrogens is 460 g/mol. The molecule has 1 amide bonds. The van der Waals surface area contributed by atoms with Gasteiger partial charge in [-0.05, 0) is 61.7 Å². The zero-order chi connectivity index (χ0) is 25.8. The van der Waals surface area contributed by atoms with Crippen LogP contribution < -0.4 is 4.74 Å². The number of furan rings is 1. The first-order chi connectivity index (χ1) is 17.3. The van der Waals surface area contributed by atoms with Gasteiger partial charge in [0.05, 0.1) is 31.2 Å². The normalized spacial score (nSPS) is 15.3. The molecular formula is C27H32N4O5. The lowest BCUT2D eigenvalue weighted by atomic mass is 10.0. The highest BCUT2D eigenvalue weighted by atomic mass is 16.5. The Kier molecular flexibility index (Phi) is 7.57. The molecule has 0 N–H and O–H groups in total. The smallest absolute Gasteiger partial charge is 0.310 e. The minimum absolute atomic E-state index is 0.0605. The zero-order valence-electron chi connectivity index (χ0n) is 21.4. The summed E-state index contributed by atoms with van der Waals surface area (Å²) in [6, 6.07) is 10.7. The van der Waals surface area contributed by atoms with E-state index >= 15 is 0 Å². The van der Waals surface area contributed by atoms with E-state index in [0.717, 1.165) is 40.5 Å². The predicted molar refractivity (Wildman–Crippen MR) is 134 cm³/mol. The summed E-state index contributed by atoms with van der Waals surface area (Å²) in [5.74, 6) is 0.890. The van der Waals surface area contributed by atoms with Crippen LogP contribution in [0.15, 0.2) is 52.2 Å². The summed E-state index contributed by atoms with van der Waals surface area (Å²) in [6.45, 7) is 8.43. The summed E-state index contributed by atoms with van der Waals surface area (Å²) < 4.78 is 18.1. The number of aryl methyl sites for hydroxylation is 1. The highest BCUT2D eigenvalue weighted by Gasteiger charge is 2.35. The number of nitrogens with zero attached hydrogens (tertiary/aromatic N) is 4. The first kappa shape index (κ1) is 25.2. The van der Waals surface area contributed by atoms with Crippen molar-refractivity contribution < 1.29 is 23.5 Å². The van der Waals surface area contributed by atoms with Gasteiger partial charge in [0.1, 0.15) is 17.6 Å². The minimum atomic E-state index is -0.480. The average Bonchev–Trinajstić information content (AvgIpc) is 3.59. The molecule has 0 saturated carbocycles. The van der Waals surface area contributed by atoms with Crippen molar-refractivity contribution >= 4 is 17.6 Å². The van der Waals surface area contributed by atoms with Gasteiger partial charge in [-0.3, -0.25) is 14.3 Å². The van der Waals surface area contributed by atoms with E-state index in [4.69, 9.17) is 13.9 Å². The number of esters is 1. The molecule has 3 aromatic rings. The number of hydrogen-bond donors (Lipinski definition) is 0. The zero-order valence-corrected chi connectivity index (χ0v) is 21.4. The van der Waals surface area contributed by atoms with E-state index in [1.807, 2.05) is 48.9 Å². The molecule has 0 bridgehead atoms. The fraction of sp³-hybridized carbons (Fsp3) is 0.407. The highest BCUT2D eigenvalue weighted by molar-refractivity contribution is 6.03. The molecule has 36 heavy (non-hydrogen) atoms. The second kappa shape index (κ2) is 10.8. The first-order valence-electron chi connectivity index (χ1n) is 12.0. The Balaban J connectivity index is 1.44. The first-order valence-corrected chi connectivity index (χ1v) is 12.0. The van der Waals surface area contributed by atoms with Crippen molar-refractivity contribution in [3.63, 3.8) is 0 Å². The molecule has 1 aliphatic heterocycles. The highest BCUT2D eigenvalue weighted by Crippen LogP contribution is 2.33. The number of carbonyl (C=O) groups excluding carboxylic acids is 2. The van der Waals surface area contributed by atoms with E-state index < -0.39 is 24.5 Å². The van der Waals surface area contributed by atoms with Crippen molar-refractivity contribution in [2.75, 3.05) is 13.7 Å². The van der Waals surface area contributed by atoms with Gasteiger partial charge in [-0.25, -0.2) is 5.01 Å². The van der Waals surface area contributed by atoms with Crippen LogP contribution in [0.1, 0.15) is 54.6 Å². The molecule has 4 rings (SSSR count). The SMILES string of the molecule is COc1ccc(C2=NN(C(=O)COC(=O)Cc3c(C)nn(CC(C)C)c3C)C(c3ccco3)C2)cc1. The maximum Gasteiger partial charge on any atom is 0.310 e. The Morgan fingerprint density at radius 2 is 1.92 bits per heavy atom. The molecule has 0 aliphatic carbocycles. The van der Waals surface area contributed by atoms with E-state index in [1.165, 1.54) is 5.01 Å². The van der Waals surface area contributed by atoms with Gasteiger partial charge in [-0.1, -0.05) is 13.8 Å². The molecule has 1 aromatic carbocycles. The Morgan fingerprint density at radius 3 is 2.56 bits per heavy atom. The number of hydrogen-bond acceptors (Lipinski definition) is 7. The quantitative estimate of drug-likeness (QED) is 0.415. The molecule has 9 nitrogen and oxygen atoms in total. The minimum Gasteiger partial charge on any atom is -0.497 e. The van der Waals surface area contributed by atoms with Gasteiger partial charge in [0.2, 0.25) is 0 Å². The largest absolute Gasteiger partial charge is 0.497 e. The molecule has 3 heterocycles. The van der Waals surface area contributed by atoms with Crippen molar-refractivity contribution in [2.45, 2.75) is 53.1 Å². The third-order valence-corrected chi connectivity index (χ3v) is 6.21. The average molecular weight is 493 g/mol. The van der Waals surface area contributed by atoms with E-state index in [-0.39, 0.29) is 6.42 Å². The lowest BCUT2D eigenvalue weighted by molar-refractivity contribution is -0.152. The number of methoxy groups -OCH3 is 1. The van der Waals surface area contributed by atoms with Crippen LogP contribution in [0.25, 0.3) is 0 Å². The fourth-order valence-electron chi connectivity index (χ4n) is 4.32. The van der Waals surface area contributed by atoms with Crippen LogP contribution in [0.2, 0.25) is 0 Å². The van der Waals surface area contributed by atoms with E-state index in [1.54, 1.807) is 19.4 Å². The molecule has 0 fully saturated rings. The molecule has 1 aliphatic rings. The van der Waals surface area contributed by atoms with E-state index in [2.05, 4.69) is 24.0 Å². The number of hydrazone groups is 1. The number of benzene rings is 1. The maximum atomic E-state index is 13.1. The Bertz CT molecular complexity index is 1240. The van der Waals surface area contributed by atoms with Crippen molar-refractivity contribution in [3.8, 4) is 5.75 Å². The summed E-state index contributed by atoms with van der Waals surface area (Å²) in [7, 11) is 1.61. The van der Waals surface area contributed by atoms with Gasteiger partial charge in [0.15, 0.2) is 6.61 Å². The third-order valence-electron chi connectivity index (χ3n) is 6.21. The summed E-state index contributed by atoms with van der Waals surface area (Å²) in [5.41, 5.74) is 4.19. The van der Waals surface area contributed by atoms with Crippen molar-refractivity contribution in [2.24, 2.45) is 11.0 Å². The van der Waals surface area contributed by atoms with Crippen molar-refractivity contribution in [1.29, 1.82) is 0 Å². The summed E-state index contributed by atoms with van der Waals surface area (Å²) >= 11 is 0. The molecule has 190 valence electrons. The molecule has 0 spiro atoms. The Morgan fingerprint density at radius 1 is 1.17 bits per heavy atom. The van der Waals surface area contributed by atoms with Crippen LogP contribution in [0.5, 0.6) is 5.75 Å². The van der Waals surface area contributed by atoms with Gasteiger partial charge in [-0.2, -0.15) is 10.2 Å². The van der Waals surface area contributed by atoms with Crippen LogP contribution in [0.4, 0.5) is 0 Å². The second-order valence-corrected chi connectivity index (χ2v) is 9.31. The molecule has 9 heteroatoms. The predicted octanol–water partition coefficient (Wildman–Crippen LogP) is 4.22. The molecule has 1 atom stereocenters. The summed E-state index contributed by atoms with van der Waals surface area (Å²) in [5, 5.41) is 10.5. The lowest BCUT2D eigenvalue weighted by Crippen LogP contribution is -2.31. The van der Waals surface area contributed by atoms with Gasteiger partial charge < -0.3 is 13.9 Å². The van der Waals surface area contributed by atoms with Crippen molar-refractivity contribution in [1.82, 2.24) is 14.8 Å². The number of aromatic nitrogens is 2. The van der Waals surface area contributed by atoms with E-state index in [9.17, 15) is 9.59 Å². The number of carbonyl (C=O) groups is 2.